The van der Waals surface area contributed by atoms with Gasteiger partial charge in [0, 0.05) is 0 Å². The van der Waals surface area contributed by atoms with Crippen molar-refractivity contribution in [3.8, 4) is 0 Å². The second kappa shape index (κ2) is 2.96. The van der Waals surface area contributed by atoms with E-state index < -0.39 is 8.07 Å². The molecule has 1 aliphatic carbocycles. The van der Waals surface area contributed by atoms with E-state index in [1.807, 2.05) is 0 Å². The summed E-state index contributed by atoms with van der Waals surface area (Å²) in [5, 5.41) is 11.4. The van der Waals surface area contributed by atoms with Crippen LogP contribution in [0.4, 0.5) is 0 Å². The maximum Gasteiger partial charge on any atom is 0.0754 e. The fourth-order valence-corrected chi connectivity index (χ4v) is 6.53. The van der Waals surface area contributed by atoms with E-state index in [4.69, 9.17) is 0 Å². The molecule has 0 unspecified atom stereocenters. The van der Waals surface area contributed by atoms with Gasteiger partial charge in [0.1, 0.15) is 0 Å². The molecule has 0 heterocycles. The zero-order valence-corrected chi connectivity index (χ0v) is 10.7. The number of hydrogen-bond acceptors (Lipinski definition) is 1. The standard InChI is InChI=1S/C11H22OSi/c1-8-9(12)7-11(2,3)10(8)13(4,5)6/h9,12H,7H2,1-6H3/t9-/m0/s1. The van der Waals surface area contributed by atoms with Gasteiger partial charge in [-0.1, -0.05) is 38.7 Å². The molecule has 13 heavy (non-hydrogen) atoms. The summed E-state index contributed by atoms with van der Waals surface area (Å²) in [5.74, 6) is 0. The Morgan fingerprint density at radius 3 is 1.92 bits per heavy atom. The lowest BCUT2D eigenvalue weighted by molar-refractivity contribution is 0.183. The topological polar surface area (TPSA) is 20.2 Å². The van der Waals surface area contributed by atoms with E-state index in [0.29, 0.717) is 0 Å². The highest BCUT2D eigenvalue weighted by atomic mass is 28.3. The third kappa shape index (κ3) is 1.89. The minimum atomic E-state index is -1.24. The SMILES string of the molecule is CC1=C([Si](C)(C)C)C(C)(C)C[C@@H]1O. The summed E-state index contributed by atoms with van der Waals surface area (Å²) >= 11 is 0. The zero-order valence-electron chi connectivity index (χ0n) is 9.73. The average Bonchev–Trinajstić information content (AvgIpc) is 1.99. The molecule has 0 radical (unpaired) electrons. The van der Waals surface area contributed by atoms with Crippen molar-refractivity contribution in [1.29, 1.82) is 0 Å². The van der Waals surface area contributed by atoms with E-state index in [0.717, 1.165) is 6.42 Å². The van der Waals surface area contributed by atoms with Crippen molar-refractivity contribution in [1.82, 2.24) is 0 Å². The van der Waals surface area contributed by atoms with Gasteiger partial charge in [0.05, 0.1) is 14.2 Å². The first-order valence-corrected chi connectivity index (χ1v) is 8.56. The molecule has 1 rings (SSSR count). The number of rotatable bonds is 1. The first kappa shape index (κ1) is 11.0. The van der Waals surface area contributed by atoms with E-state index in [2.05, 4.69) is 40.4 Å². The third-order valence-corrected chi connectivity index (χ3v) is 5.60. The van der Waals surface area contributed by atoms with Crippen LogP contribution in [0.3, 0.4) is 0 Å². The number of aliphatic hydroxyl groups excluding tert-OH is 1. The fraction of sp³-hybridized carbons (Fsp3) is 0.818. The first-order valence-electron chi connectivity index (χ1n) is 5.06. The monoisotopic (exact) mass is 198 g/mol. The zero-order chi connectivity index (χ0) is 10.4. The second-order valence-corrected chi connectivity index (χ2v) is 10.9. The van der Waals surface area contributed by atoms with Gasteiger partial charge in [-0.15, -0.1) is 0 Å². The Bertz CT molecular complexity index is 245. The van der Waals surface area contributed by atoms with Crippen LogP contribution in [0, 0.1) is 5.41 Å². The lowest BCUT2D eigenvalue weighted by atomic mass is 9.92. The molecule has 1 N–H and O–H groups in total. The van der Waals surface area contributed by atoms with Crippen molar-refractivity contribution in [2.45, 2.75) is 52.9 Å². The van der Waals surface area contributed by atoms with Gasteiger partial charge in [0.25, 0.3) is 0 Å². The minimum absolute atomic E-state index is 0.184. The van der Waals surface area contributed by atoms with E-state index in [9.17, 15) is 5.11 Å². The number of hydrogen-bond donors (Lipinski definition) is 1. The summed E-state index contributed by atoms with van der Waals surface area (Å²) < 4.78 is 0. The molecule has 76 valence electrons. The lowest BCUT2D eigenvalue weighted by Crippen LogP contribution is -2.32. The largest absolute Gasteiger partial charge is 0.389 e. The van der Waals surface area contributed by atoms with Crippen LogP contribution < -0.4 is 0 Å². The molecule has 2 heteroatoms. The molecule has 0 spiro atoms. The maximum absolute atomic E-state index is 9.83. The Kier molecular flexibility index (Phi) is 2.50. The van der Waals surface area contributed by atoms with E-state index in [1.165, 1.54) is 5.57 Å². The Morgan fingerprint density at radius 2 is 1.77 bits per heavy atom. The Labute approximate surface area is 82.9 Å². The first-order chi connectivity index (χ1) is 5.66. The summed E-state index contributed by atoms with van der Waals surface area (Å²) in [6, 6.07) is 0. The quantitative estimate of drug-likeness (QED) is 0.642. The molecule has 0 aromatic rings. The molecular weight excluding hydrogens is 176 g/mol. The second-order valence-electron chi connectivity index (χ2n) is 5.91. The Balaban J connectivity index is 3.17. The summed E-state index contributed by atoms with van der Waals surface area (Å²) in [5.41, 5.74) is 1.48. The lowest BCUT2D eigenvalue weighted by Gasteiger charge is -2.31. The molecule has 0 saturated carbocycles. The molecule has 1 nitrogen and oxygen atoms in total. The van der Waals surface area contributed by atoms with Gasteiger partial charge in [-0.25, -0.2) is 0 Å². The molecular formula is C11H22OSi. The Hall–Kier alpha value is -0.0831. The Morgan fingerprint density at radius 1 is 1.31 bits per heavy atom. The maximum atomic E-state index is 9.83. The summed E-state index contributed by atoms with van der Waals surface area (Å²) in [6.45, 7) is 13.7. The molecule has 0 bridgehead atoms. The molecule has 0 saturated heterocycles. The normalized spacial score (nSPS) is 28.4. The van der Waals surface area contributed by atoms with Crippen LogP contribution in [-0.2, 0) is 0 Å². The van der Waals surface area contributed by atoms with Gasteiger partial charge in [-0.05, 0) is 24.3 Å². The molecule has 1 aliphatic rings. The molecule has 0 aromatic carbocycles. The molecule has 0 amide bonds. The van der Waals surface area contributed by atoms with Crippen molar-refractivity contribution >= 4 is 8.07 Å². The predicted molar refractivity (Wildman–Crippen MR) is 60.5 cm³/mol. The number of allylic oxidation sites excluding steroid dienone is 1. The van der Waals surface area contributed by atoms with Crippen LogP contribution in [0.1, 0.15) is 27.2 Å². The van der Waals surface area contributed by atoms with E-state index in [-0.39, 0.29) is 11.5 Å². The highest BCUT2D eigenvalue weighted by Gasteiger charge is 2.41. The fourth-order valence-electron chi connectivity index (χ4n) is 3.05. The van der Waals surface area contributed by atoms with Crippen LogP contribution in [0.5, 0.6) is 0 Å². The molecule has 1 atom stereocenters. The smallest absolute Gasteiger partial charge is 0.0754 e. The van der Waals surface area contributed by atoms with Crippen molar-refractivity contribution in [3.05, 3.63) is 10.8 Å². The van der Waals surface area contributed by atoms with Crippen LogP contribution >= 0.6 is 0 Å². The number of aliphatic hydroxyl groups is 1. The van der Waals surface area contributed by atoms with Gasteiger partial charge in [0.2, 0.25) is 0 Å². The third-order valence-electron chi connectivity index (χ3n) is 3.02. The van der Waals surface area contributed by atoms with Crippen molar-refractivity contribution in [2.24, 2.45) is 5.41 Å². The molecule has 0 aromatic heterocycles. The van der Waals surface area contributed by atoms with Crippen molar-refractivity contribution in [2.75, 3.05) is 0 Å². The van der Waals surface area contributed by atoms with Gasteiger partial charge in [-0.3, -0.25) is 0 Å². The van der Waals surface area contributed by atoms with Gasteiger partial charge >= 0.3 is 0 Å². The van der Waals surface area contributed by atoms with Gasteiger partial charge < -0.3 is 5.11 Å². The van der Waals surface area contributed by atoms with Crippen LogP contribution in [0.25, 0.3) is 0 Å². The minimum Gasteiger partial charge on any atom is -0.389 e. The molecule has 0 aliphatic heterocycles. The van der Waals surface area contributed by atoms with Crippen molar-refractivity contribution < 1.29 is 5.11 Å². The van der Waals surface area contributed by atoms with Gasteiger partial charge in [-0.2, -0.15) is 0 Å². The highest BCUT2D eigenvalue weighted by molar-refractivity contribution is 6.83. The van der Waals surface area contributed by atoms with Crippen LogP contribution in [0.15, 0.2) is 10.8 Å². The van der Waals surface area contributed by atoms with Crippen molar-refractivity contribution in [3.63, 3.8) is 0 Å². The van der Waals surface area contributed by atoms with E-state index >= 15 is 0 Å². The van der Waals surface area contributed by atoms with Gasteiger partial charge in [0.15, 0.2) is 0 Å². The molecule has 0 fully saturated rings. The van der Waals surface area contributed by atoms with Crippen LogP contribution in [-0.4, -0.2) is 19.3 Å². The summed E-state index contributed by atoms with van der Waals surface area (Å²) in [7, 11) is -1.24. The predicted octanol–water partition coefficient (Wildman–Crippen LogP) is 2.97. The van der Waals surface area contributed by atoms with Crippen LogP contribution in [0.2, 0.25) is 19.6 Å². The highest BCUT2D eigenvalue weighted by Crippen LogP contribution is 2.46. The summed E-state index contributed by atoms with van der Waals surface area (Å²) in [4.78, 5) is 0. The summed E-state index contributed by atoms with van der Waals surface area (Å²) in [6.07, 6.45) is 0.732. The average molecular weight is 198 g/mol. The van der Waals surface area contributed by atoms with E-state index in [1.54, 1.807) is 5.20 Å².